The predicted molar refractivity (Wildman–Crippen MR) is 104 cm³/mol. The van der Waals surface area contributed by atoms with Crippen LogP contribution in [0.15, 0.2) is 42.5 Å². The van der Waals surface area contributed by atoms with Crippen molar-refractivity contribution in [1.82, 2.24) is 9.55 Å². The smallest absolute Gasteiger partial charge is 0.153 e. The lowest BCUT2D eigenvalue weighted by atomic mass is 10.1. The molecule has 132 valence electrons. The van der Waals surface area contributed by atoms with Crippen molar-refractivity contribution in [2.45, 2.75) is 46.8 Å². The first-order chi connectivity index (χ1) is 12.0. The predicted octanol–water partition coefficient (Wildman–Crippen LogP) is 6.18. The topological polar surface area (TPSA) is 27.1 Å². The summed E-state index contributed by atoms with van der Waals surface area (Å²) in [5.74, 6) is 2.37. The van der Waals surface area contributed by atoms with Gasteiger partial charge in [-0.3, -0.25) is 0 Å². The summed E-state index contributed by atoms with van der Waals surface area (Å²) >= 11 is 6.11. The molecule has 0 fully saturated rings. The van der Waals surface area contributed by atoms with Crippen LogP contribution in [0.25, 0.3) is 11.0 Å². The van der Waals surface area contributed by atoms with Crippen molar-refractivity contribution in [1.29, 1.82) is 0 Å². The van der Waals surface area contributed by atoms with Crippen molar-refractivity contribution >= 4 is 22.6 Å². The summed E-state index contributed by atoms with van der Waals surface area (Å²) in [4.78, 5) is 4.85. The number of aryl methyl sites for hydroxylation is 1. The van der Waals surface area contributed by atoms with Crippen LogP contribution >= 0.6 is 11.6 Å². The molecule has 2 aromatic carbocycles. The number of aromatic nitrogens is 2. The van der Waals surface area contributed by atoms with E-state index in [1.807, 2.05) is 31.2 Å². The summed E-state index contributed by atoms with van der Waals surface area (Å²) in [5.41, 5.74) is 3.20. The highest BCUT2D eigenvalue weighted by Crippen LogP contribution is 2.28. The fourth-order valence-corrected chi connectivity index (χ4v) is 3.10. The first-order valence-corrected chi connectivity index (χ1v) is 9.25. The minimum atomic E-state index is -0.142. The van der Waals surface area contributed by atoms with Gasteiger partial charge in [-0.15, -0.1) is 0 Å². The molecule has 0 bridgehead atoms. The Morgan fingerprint density at radius 3 is 2.64 bits per heavy atom. The average molecular weight is 357 g/mol. The molecule has 3 nitrogen and oxygen atoms in total. The Balaban J connectivity index is 1.95. The van der Waals surface area contributed by atoms with Gasteiger partial charge in [-0.05, 0) is 55.7 Å². The molecule has 3 rings (SSSR count). The summed E-state index contributed by atoms with van der Waals surface area (Å²) < 4.78 is 8.48. The second-order valence-corrected chi connectivity index (χ2v) is 7.16. The van der Waals surface area contributed by atoms with Crippen molar-refractivity contribution in [3.05, 3.63) is 58.9 Å². The van der Waals surface area contributed by atoms with Gasteiger partial charge in [0.2, 0.25) is 0 Å². The summed E-state index contributed by atoms with van der Waals surface area (Å²) in [6.45, 7) is 9.47. The summed E-state index contributed by atoms with van der Waals surface area (Å²) in [6.07, 6.45) is 0.995. The molecule has 0 saturated heterocycles. The van der Waals surface area contributed by atoms with E-state index in [9.17, 15) is 0 Å². The third-order valence-electron chi connectivity index (χ3n) is 4.68. The molecule has 0 amide bonds. The van der Waals surface area contributed by atoms with Crippen LogP contribution in [0.4, 0.5) is 0 Å². The van der Waals surface area contributed by atoms with E-state index in [0.29, 0.717) is 5.92 Å². The van der Waals surface area contributed by atoms with E-state index in [1.54, 1.807) is 0 Å². The van der Waals surface area contributed by atoms with E-state index >= 15 is 0 Å². The minimum absolute atomic E-state index is 0.142. The van der Waals surface area contributed by atoms with Gasteiger partial charge in [0.15, 0.2) is 11.9 Å². The SMILES string of the molecule is CCC(C)Cn1c(C(C)Oc2ccc(Cl)c(C)c2)nc2ccccc21. The Labute approximate surface area is 154 Å². The van der Waals surface area contributed by atoms with Gasteiger partial charge in [-0.2, -0.15) is 0 Å². The van der Waals surface area contributed by atoms with Crippen LogP contribution in [0.2, 0.25) is 5.02 Å². The van der Waals surface area contributed by atoms with Crippen LogP contribution in [-0.4, -0.2) is 9.55 Å². The summed E-state index contributed by atoms with van der Waals surface area (Å²) in [7, 11) is 0. The van der Waals surface area contributed by atoms with Crippen LogP contribution in [0, 0.1) is 12.8 Å². The number of rotatable bonds is 6. The first kappa shape index (κ1) is 17.8. The fraction of sp³-hybridized carbons (Fsp3) is 0.381. The van der Waals surface area contributed by atoms with Crippen molar-refractivity contribution in [3.63, 3.8) is 0 Å². The molecule has 2 atom stereocenters. The van der Waals surface area contributed by atoms with Gasteiger partial charge in [0.1, 0.15) is 5.75 Å². The molecule has 4 heteroatoms. The molecule has 0 spiro atoms. The zero-order valence-electron chi connectivity index (χ0n) is 15.3. The number of hydrogen-bond donors (Lipinski definition) is 0. The lowest BCUT2D eigenvalue weighted by molar-refractivity contribution is 0.209. The molecule has 0 saturated carbocycles. The summed E-state index contributed by atoms with van der Waals surface area (Å²) in [5, 5.41) is 0.754. The molecule has 3 aromatic rings. The van der Waals surface area contributed by atoms with Crippen molar-refractivity contribution in [2.24, 2.45) is 5.92 Å². The standard InChI is InChI=1S/C21H25ClN2O/c1-5-14(2)13-24-20-9-7-6-8-19(20)23-21(24)16(4)25-17-10-11-18(22)15(3)12-17/h6-12,14,16H,5,13H2,1-4H3. The Morgan fingerprint density at radius 1 is 1.16 bits per heavy atom. The van der Waals surface area contributed by atoms with Crippen molar-refractivity contribution in [2.75, 3.05) is 0 Å². The Morgan fingerprint density at radius 2 is 1.92 bits per heavy atom. The van der Waals surface area contributed by atoms with Gasteiger partial charge in [-0.1, -0.05) is 44.0 Å². The maximum absolute atomic E-state index is 6.18. The van der Waals surface area contributed by atoms with E-state index in [0.717, 1.165) is 40.6 Å². The van der Waals surface area contributed by atoms with Crippen molar-refractivity contribution in [3.8, 4) is 5.75 Å². The van der Waals surface area contributed by atoms with E-state index < -0.39 is 0 Å². The van der Waals surface area contributed by atoms with Gasteiger partial charge in [0, 0.05) is 11.6 Å². The quantitative estimate of drug-likeness (QED) is 0.527. The average Bonchev–Trinajstić information content (AvgIpc) is 2.97. The maximum atomic E-state index is 6.18. The number of fused-ring (bicyclic) bond motifs is 1. The molecule has 0 aliphatic carbocycles. The molecule has 0 aliphatic heterocycles. The number of imidazole rings is 1. The Hall–Kier alpha value is -2.00. The van der Waals surface area contributed by atoms with Gasteiger partial charge < -0.3 is 9.30 Å². The van der Waals surface area contributed by atoms with Crippen LogP contribution in [0.5, 0.6) is 5.75 Å². The number of nitrogens with zero attached hydrogens (tertiary/aromatic N) is 2. The van der Waals surface area contributed by atoms with Gasteiger partial charge in [-0.25, -0.2) is 4.98 Å². The maximum Gasteiger partial charge on any atom is 0.153 e. The third-order valence-corrected chi connectivity index (χ3v) is 5.11. The van der Waals surface area contributed by atoms with Crippen LogP contribution in [0.1, 0.15) is 44.7 Å². The molecule has 2 unspecified atom stereocenters. The molecule has 0 aliphatic rings. The lowest BCUT2D eigenvalue weighted by Gasteiger charge is -2.19. The van der Waals surface area contributed by atoms with Crippen LogP contribution < -0.4 is 4.74 Å². The Kier molecular flexibility index (Phi) is 5.33. The van der Waals surface area contributed by atoms with Crippen LogP contribution in [0.3, 0.4) is 0 Å². The van der Waals surface area contributed by atoms with Crippen molar-refractivity contribution < 1.29 is 4.74 Å². The van der Waals surface area contributed by atoms with E-state index in [1.165, 1.54) is 5.52 Å². The molecule has 0 radical (unpaired) electrons. The van der Waals surface area contributed by atoms with Crippen LogP contribution in [-0.2, 0) is 6.54 Å². The molecule has 1 heterocycles. The second kappa shape index (κ2) is 7.49. The van der Waals surface area contributed by atoms with E-state index in [-0.39, 0.29) is 6.10 Å². The monoisotopic (exact) mass is 356 g/mol. The molecule has 25 heavy (non-hydrogen) atoms. The second-order valence-electron chi connectivity index (χ2n) is 6.75. The zero-order chi connectivity index (χ0) is 18.0. The molecule has 1 aromatic heterocycles. The molecular weight excluding hydrogens is 332 g/mol. The fourth-order valence-electron chi connectivity index (χ4n) is 2.98. The molecular formula is C21H25ClN2O. The highest BCUT2D eigenvalue weighted by atomic mass is 35.5. The largest absolute Gasteiger partial charge is 0.483 e. The highest BCUT2D eigenvalue weighted by molar-refractivity contribution is 6.31. The van der Waals surface area contributed by atoms with E-state index in [2.05, 4.69) is 43.5 Å². The minimum Gasteiger partial charge on any atom is -0.483 e. The van der Waals surface area contributed by atoms with Gasteiger partial charge in [0.05, 0.1) is 11.0 Å². The van der Waals surface area contributed by atoms with Gasteiger partial charge in [0.25, 0.3) is 0 Å². The molecule has 0 N–H and O–H groups in total. The lowest BCUT2D eigenvalue weighted by Crippen LogP contribution is -2.15. The number of halogens is 1. The van der Waals surface area contributed by atoms with Gasteiger partial charge >= 0.3 is 0 Å². The third kappa shape index (κ3) is 3.82. The highest BCUT2D eigenvalue weighted by Gasteiger charge is 2.19. The number of ether oxygens (including phenoxy) is 1. The zero-order valence-corrected chi connectivity index (χ0v) is 16.0. The Bertz CT molecular complexity index is 871. The number of hydrogen-bond acceptors (Lipinski definition) is 2. The van der Waals surface area contributed by atoms with E-state index in [4.69, 9.17) is 21.3 Å². The summed E-state index contributed by atoms with van der Waals surface area (Å²) in [6, 6.07) is 14.0. The number of benzene rings is 2. The normalized spacial score (nSPS) is 13.8. The number of para-hydroxylation sites is 2. The first-order valence-electron chi connectivity index (χ1n) is 8.87.